The topological polar surface area (TPSA) is 153 Å². The van der Waals surface area contributed by atoms with Crippen LogP contribution in [0.3, 0.4) is 0 Å². The van der Waals surface area contributed by atoms with Gasteiger partial charge in [-0.05, 0) is 79.5 Å². The Morgan fingerprint density at radius 1 is 0.968 bits per heavy atom. The van der Waals surface area contributed by atoms with E-state index in [1.165, 1.54) is 35.4 Å². The molecule has 63 heavy (non-hydrogen) atoms. The predicted octanol–water partition coefficient (Wildman–Crippen LogP) is 4.65. The Balaban J connectivity index is 0.800. The first-order chi connectivity index (χ1) is 30.5. The monoisotopic (exact) mass is 848 g/mol. The lowest BCUT2D eigenvalue weighted by atomic mass is 9.96. The third-order valence-electron chi connectivity index (χ3n) is 13.5. The fraction of sp³-hybridized carbons (Fsp3) is 0.375. The lowest BCUT2D eigenvalue weighted by molar-refractivity contribution is -0.136. The van der Waals surface area contributed by atoms with E-state index in [2.05, 4.69) is 48.2 Å². The number of likely N-dealkylation sites (tertiary alicyclic amines) is 1. The molecule has 318 valence electrons. The molecule has 6 aliphatic rings. The number of benzene rings is 3. The van der Waals surface area contributed by atoms with Gasteiger partial charge in [-0.25, -0.2) is 8.78 Å². The maximum Gasteiger partial charge on any atom is 0.319 e. The highest BCUT2D eigenvalue weighted by molar-refractivity contribution is 6.06. The number of fused-ring (bicyclic) bond motifs is 5. The Bertz CT molecular complexity index is 2900. The van der Waals surface area contributed by atoms with Crippen LogP contribution < -0.4 is 20.3 Å². The number of imide groups is 1. The van der Waals surface area contributed by atoms with Crippen LogP contribution >= 0.6 is 0 Å². The summed E-state index contributed by atoms with van der Waals surface area (Å²) in [7, 11) is 0. The van der Waals surface area contributed by atoms with Crippen LogP contribution in [0.5, 0.6) is 11.8 Å². The van der Waals surface area contributed by atoms with E-state index in [9.17, 15) is 23.9 Å². The molecule has 0 spiro atoms. The standard InChI is InChI=1S/C48H42F2N8O5/c1-2-33-37(49)10-6-28-16-32(59)17-35(40(28)33)42-41(50)43-36(18-51-42)44(57-22-30-7-8-31(23-57)52-30)55-47(54-43)63-25-48(13-14-48)24-56-19-27(20-56)4-3-26-5-9-34-29(15-26)21-58(46(34)62)38-11-12-39(60)53-45(38)61/h1,5-6,9-10,15-18,27,30-31,38,52,59H,7-8,11-14,19-25H2,(H,53,60,61). The number of rotatable bonds is 8. The van der Waals surface area contributed by atoms with Crippen molar-refractivity contribution in [2.45, 2.75) is 63.2 Å². The second-order valence-electron chi connectivity index (χ2n) is 17.9. The Morgan fingerprint density at radius 3 is 2.54 bits per heavy atom. The van der Waals surface area contributed by atoms with Crippen LogP contribution in [0, 0.1) is 47.2 Å². The number of aromatic nitrogens is 3. The number of terminal acetylenes is 1. The molecule has 3 aromatic carbocycles. The summed E-state index contributed by atoms with van der Waals surface area (Å²) in [6, 6.07) is 11.0. The van der Waals surface area contributed by atoms with Gasteiger partial charge in [0.15, 0.2) is 5.82 Å². The smallest absolute Gasteiger partial charge is 0.319 e. The number of nitrogens with one attached hydrogen (secondary N) is 2. The first-order valence-corrected chi connectivity index (χ1v) is 21.5. The number of ether oxygens (including phenoxy) is 1. The molecule has 1 aliphatic carbocycles. The zero-order valence-electron chi connectivity index (χ0n) is 34.2. The molecule has 3 amide bonds. The van der Waals surface area contributed by atoms with Crippen molar-refractivity contribution >= 4 is 45.2 Å². The highest BCUT2D eigenvalue weighted by atomic mass is 19.1. The number of carbonyl (C=O) groups excluding carboxylic acids is 3. The third kappa shape index (κ3) is 7.05. The molecule has 5 fully saturated rings. The van der Waals surface area contributed by atoms with E-state index in [1.54, 1.807) is 6.07 Å². The highest BCUT2D eigenvalue weighted by Crippen LogP contribution is 2.48. The molecule has 1 saturated carbocycles. The van der Waals surface area contributed by atoms with Crippen molar-refractivity contribution in [1.29, 1.82) is 0 Å². The lowest BCUT2D eigenvalue weighted by Crippen LogP contribution is -2.52. The molecule has 15 heteroatoms. The van der Waals surface area contributed by atoms with Crippen molar-refractivity contribution in [2.75, 3.05) is 44.2 Å². The summed E-state index contributed by atoms with van der Waals surface area (Å²) in [5.74, 6) is 7.30. The number of hydrogen-bond donors (Lipinski definition) is 3. The zero-order valence-corrected chi connectivity index (χ0v) is 34.2. The summed E-state index contributed by atoms with van der Waals surface area (Å²) in [5.41, 5.74) is 2.06. The SMILES string of the molecule is C#Cc1c(F)ccc2cc(O)cc(-c3ncc4c(N5CC6CCC(C5)N6)nc(OCC5(CN6CC(C#Cc7ccc8c(c7)CN(C7CCC(=O)NC7=O)C8=O)C6)CC5)nc4c3F)c12. The van der Waals surface area contributed by atoms with Gasteiger partial charge in [-0.3, -0.25) is 24.7 Å². The van der Waals surface area contributed by atoms with Crippen molar-refractivity contribution in [3.05, 3.63) is 82.5 Å². The van der Waals surface area contributed by atoms with Gasteiger partial charge in [-0.15, -0.1) is 6.42 Å². The molecule has 13 nitrogen and oxygen atoms in total. The van der Waals surface area contributed by atoms with Crippen LogP contribution in [0.25, 0.3) is 32.9 Å². The number of phenols is 1. The van der Waals surface area contributed by atoms with E-state index in [4.69, 9.17) is 16.1 Å². The molecule has 3 unspecified atom stereocenters. The van der Waals surface area contributed by atoms with E-state index in [0.29, 0.717) is 54.8 Å². The van der Waals surface area contributed by atoms with Gasteiger partial charge in [-0.1, -0.05) is 23.8 Å². The summed E-state index contributed by atoms with van der Waals surface area (Å²) < 4.78 is 38.4. The number of phenolic OH excluding ortho intramolecular Hbond substituents is 1. The fourth-order valence-corrected chi connectivity index (χ4v) is 10.1. The van der Waals surface area contributed by atoms with Crippen LogP contribution in [0.2, 0.25) is 0 Å². The van der Waals surface area contributed by atoms with Crippen LogP contribution in [0.15, 0.2) is 48.7 Å². The summed E-state index contributed by atoms with van der Waals surface area (Å²) in [6.45, 7) is 4.45. The van der Waals surface area contributed by atoms with Gasteiger partial charge in [0, 0.05) is 97.4 Å². The molecule has 3 N–H and O–H groups in total. The molecule has 5 aliphatic heterocycles. The second-order valence-corrected chi connectivity index (χ2v) is 17.9. The van der Waals surface area contributed by atoms with Crippen molar-refractivity contribution < 1.29 is 33.0 Å². The molecular weight excluding hydrogens is 807 g/mol. The first kappa shape index (κ1) is 39.2. The van der Waals surface area contributed by atoms with Crippen LogP contribution in [0.1, 0.15) is 65.6 Å². The number of carbonyl (C=O) groups is 3. The van der Waals surface area contributed by atoms with Crippen molar-refractivity contribution in [3.8, 4) is 47.2 Å². The van der Waals surface area contributed by atoms with Crippen molar-refractivity contribution in [3.63, 3.8) is 0 Å². The average Bonchev–Trinajstić information content (AvgIpc) is 3.84. The van der Waals surface area contributed by atoms with E-state index in [0.717, 1.165) is 56.4 Å². The number of halogens is 2. The Kier molecular flexibility index (Phi) is 9.33. The Labute approximate surface area is 361 Å². The van der Waals surface area contributed by atoms with Gasteiger partial charge in [-0.2, -0.15) is 9.97 Å². The molecule has 2 aromatic heterocycles. The van der Waals surface area contributed by atoms with Gasteiger partial charge in [0.2, 0.25) is 11.8 Å². The molecule has 5 aromatic rings. The number of piperazine rings is 1. The van der Waals surface area contributed by atoms with Crippen LogP contribution in [-0.4, -0.2) is 105 Å². The first-order valence-electron chi connectivity index (χ1n) is 21.5. The number of pyridine rings is 1. The number of anilines is 1. The van der Waals surface area contributed by atoms with Gasteiger partial charge in [0.25, 0.3) is 5.91 Å². The van der Waals surface area contributed by atoms with Crippen LogP contribution in [-0.2, 0) is 16.1 Å². The van der Waals surface area contributed by atoms with Gasteiger partial charge in [0.05, 0.1) is 17.6 Å². The van der Waals surface area contributed by atoms with Gasteiger partial charge < -0.3 is 29.9 Å². The van der Waals surface area contributed by atoms with E-state index in [1.807, 2.05) is 12.1 Å². The fourth-order valence-electron chi connectivity index (χ4n) is 10.1. The predicted molar refractivity (Wildman–Crippen MR) is 228 cm³/mol. The van der Waals surface area contributed by atoms with E-state index < -0.39 is 23.6 Å². The maximum atomic E-state index is 17.0. The molecule has 7 heterocycles. The average molecular weight is 849 g/mol. The second kappa shape index (κ2) is 15.0. The number of piperidine rings is 1. The normalized spacial score (nSPS) is 22.7. The quantitative estimate of drug-likeness (QED) is 0.148. The summed E-state index contributed by atoms with van der Waals surface area (Å²) in [5, 5.41) is 17.8. The molecule has 3 atom stereocenters. The van der Waals surface area contributed by atoms with Crippen molar-refractivity contribution in [2.24, 2.45) is 11.3 Å². The number of hydrogen-bond acceptors (Lipinski definition) is 11. The van der Waals surface area contributed by atoms with E-state index >= 15 is 4.39 Å². The molecule has 0 radical (unpaired) electrons. The largest absolute Gasteiger partial charge is 0.508 e. The van der Waals surface area contributed by atoms with Gasteiger partial charge in [0.1, 0.15) is 34.6 Å². The summed E-state index contributed by atoms with van der Waals surface area (Å²) in [6.07, 6.45) is 11.8. The molecule has 11 rings (SSSR count). The number of aromatic hydroxyl groups is 1. The minimum atomic E-state index is -0.755. The van der Waals surface area contributed by atoms with Gasteiger partial charge >= 0.3 is 6.01 Å². The molecule has 4 saturated heterocycles. The summed E-state index contributed by atoms with van der Waals surface area (Å²) >= 11 is 0. The Morgan fingerprint density at radius 2 is 1.78 bits per heavy atom. The summed E-state index contributed by atoms with van der Waals surface area (Å²) in [4.78, 5) is 57.3. The Hall–Kier alpha value is -6.68. The minimum Gasteiger partial charge on any atom is -0.508 e. The molecule has 2 bridgehead atoms. The third-order valence-corrected chi connectivity index (χ3v) is 13.5. The minimum absolute atomic E-state index is 0.0108. The lowest BCUT2D eigenvalue weighted by Gasteiger charge is -2.38. The highest BCUT2D eigenvalue weighted by Gasteiger charge is 2.47. The van der Waals surface area contributed by atoms with Crippen LogP contribution in [0.4, 0.5) is 14.6 Å². The van der Waals surface area contributed by atoms with Crippen molar-refractivity contribution in [1.82, 2.24) is 35.4 Å². The zero-order chi connectivity index (χ0) is 43.1. The maximum absolute atomic E-state index is 17.0. The molecular formula is C48H42F2N8O5. The number of nitrogens with zero attached hydrogens (tertiary/aromatic N) is 6. The number of amides is 3. The van der Waals surface area contributed by atoms with E-state index in [-0.39, 0.29) is 81.1 Å².